The van der Waals surface area contributed by atoms with Crippen molar-refractivity contribution >= 4 is 17.5 Å². The van der Waals surface area contributed by atoms with Gasteiger partial charge < -0.3 is 9.64 Å². The highest BCUT2D eigenvalue weighted by Gasteiger charge is 2.42. The number of aromatic nitrogens is 2. The average Bonchev–Trinajstić information content (AvgIpc) is 2.99. The lowest BCUT2D eigenvalue weighted by molar-refractivity contribution is -0.143. The molecule has 2 aromatic rings. The van der Waals surface area contributed by atoms with Crippen molar-refractivity contribution in [3.8, 4) is 5.69 Å². The first-order valence-electron chi connectivity index (χ1n) is 8.02. The summed E-state index contributed by atoms with van der Waals surface area (Å²) in [6.45, 7) is 4.01. The van der Waals surface area contributed by atoms with Crippen molar-refractivity contribution < 1.29 is 22.7 Å². The lowest BCUT2D eigenvalue weighted by atomic mass is 10.1. The molecule has 2 unspecified atom stereocenters. The van der Waals surface area contributed by atoms with Gasteiger partial charge in [-0.05, 0) is 38.1 Å². The van der Waals surface area contributed by atoms with Gasteiger partial charge in [0.2, 0.25) is 0 Å². The topological polar surface area (TPSA) is 47.4 Å². The molecule has 0 radical (unpaired) electrons. The largest absolute Gasteiger partial charge is 0.434 e. The molecule has 5 nitrogen and oxygen atoms in total. The lowest BCUT2D eigenvalue weighted by Gasteiger charge is -2.35. The summed E-state index contributed by atoms with van der Waals surface area (Å²) < 4.78 is 47.4. The molecule has 0 aliphatic carbocycles. The highest BCUT2D eigenvalue weighted by atomic mass is 35.5. The van der Waals surface area contributed by atoms with Gasteiger partial charge in [-0.3, -0.25) is 4.79 Å². The molecule has 26 heavy (non-hydrogen) atoms. The van der Waals surface area contributed by atoms with Gasteiger partial charge in [-0.1, -0.05) is 11.6 Å². The Bertz CT molecular complexity index is 795. The van der Waals surface area contributed by atoms with Gasteiger partial charge >= 0.3 is 6.18 Å². The predicted molar refractivity (Wildman–Crippen MR) is 89.5 cm³/mol. The van der Waals surface area contributed by atoms with Crippen LogP contribution in [0, 0.1) is 0 Å². The van der Waals surface area contributed by atoms with Crippen LogP contribution in [0.4, 0.5) is 13.2 Å². The van der Waals surface area contributed by atoms with E-state index < -0.39 is 23.3 Å². The normalized spacial score (nSPS) is 21.1. The number of carbonyl (C=O) groups is 1. The molecule has 0 saturated carbocycles. The lowest BCUT2D eigenvalue weighted by Crippen LogP contribution is -2.48. The molecule has 1 fully saturated rings. The number of morpholine rings is 1. The number of halogens is 4. The van der Waals surface area contributed by atoms with Crippen LogP contribution in [-0.4, -0.2) is 45.9 Å². The molecule has 1 aliphatic heterocycles. The minimum atomic E-state index is -4.75. The summed E-state index contributed by atoms with van der Waals surface area (Å²) in [5, 5.41) is 4.20. The average molecular weight is 388 g/mol. The molecule has 1 saturated heterocycles. The Morgan fingerprint density at radius 2 is 1.77 bits per heavy atom. The predicted octanol–water partition coefficient (Wildman–Crippen LogP) is 3.79. The summed E-state index contributed by atoms with van der Waals surface area (Å²) in [6, 6.07) is 5.76. The van der Waals surface area contributed by atoms with Crippen molar-refractivity contribution in [2.45, 2.75) is 32.2 Å². The maximum Gasteiger partial charge on any atom is 0.434 e. The van der Waals surface area contributed by atoms with E-state index in [1.807, 2.05) is 0 Å². The van der Waals surface area contributed by atoms with E-state index in [4.69, 9.17) is 16.3 Å². The first-order valence-corrected chi connectivity index (χ1v) is 8.40. The highest BCUT2D eigenvalue weighted by molar-refractivity contribution is 6.30. The van der Waals surface area contributed by atoms with Crippen molar-refractivity contribution in [1.29, 1.82) is 0 Å². The number of ether oxygens (including phenoxy) is 1. The molecule has 3 rings (SSSR count). The molecule has 2 atom stereocenters. The summed E-state index contributed by atoms with van der Waals surface area (Å²) in [7, 11) is 0. The van der Waals surface area contributed by atoms with Gasteiger partial charge in [0, 0.05) is 18.1 Å². The molecule has 0 N–H and O–H groups in total. The van der Waals surface area contributed by atoms with E-state index in [-0.39, 0.29) is 31.0 Å². The molecule has 1 aromatic heterocycles. The minimum absolute atomic E-state index is 0.171. The zero-order valence-corrected chi connectivity index (χ0v) is 14.9. The van der Waals surface area contributed by atoms with Crippen LogP contribution in [-0.2, 0) is 10.9 Å². The van der Waals surface area contributed by atoms with E-state index in [1.54, 1.807) is 13.8 Å². The van der Waals surface area contributed by atoms with Crippen molar-refractivity contribution in [2.24, 2.45) is 0 Å². The van der Waals surface area contributed by atoms with Crippen molar-refractivity contribution in [3.63, 3.8) is 0 Å². The Balaban J connectivity index is 2.02. The standard InChI is InChI=1S/C17H17ClF3N3O2/c1-10-8-23(9-11(2)26-10)16(25)14-7-22-24(15(14)17(19,20)21)13-5-3-12(18)4-6-13/h3-7,10-11H,8-9H2,1-2H3. The summed E-state index contributed by atoms with van der Waals surface area (Å²) in [6.07, 6.45) is -4.28. The molecule has 0 bridgehead atoms. The van der Waals surface area contributed by atoms with Crippen LogP contribution in [0.3, 0.4) is 0 Å². The van der Waals surface area contributed by atoms with Crippen LogP contribution in [0.2, 0.25) is 5.02 Å². The Hall–Kier alpha value is -2.06. The Morgan fingerprint density at radius 3 is 2.31 bits per heavy atom. The van der Waals surface area contributed by atoms with Crippen molar-refractivity contribution in [3.05, 3.63) is 46.7 Å². The third-order valence-corrected chi connectivity index (χ3v) is 4.30. The van der Waals surface area contributed by atoms with Crippen LogP contribution in [0.15, 0.2) is 30.5 Å². The fourth-order valence-corrected chi connectivity index (χ4v) is 3.20. The maximum atomic E-state index is 13.7. The van der Waals surface area contributed by atoms with Crippen LogP contribution in [0.1, 0.15) is 29.9 Å². The summed E-state index contributed by atoms with van der Waals surface area (Å²) in [4.78, 5) is 14.1. The molecule has 1 aliphatic rings. The SMILES string of the molecule is CC1CN(C(=O)c2cnn(-c3ccc(Cl)cc3)c2C(F)(F)F)CC(C)O1. The number of benzene rings is 1. The van der Waals surface area contributed by atoms with Gasteiger partial charge in [-0.15, -0.1) is 0 Å². The monoisotopic (exact) mass is 387 g/mol. The van der Waals surface area contributed by atoms with Gasteiger partial charge in [0.25, 0.3) is 5.91 Å². The zero-order valence-electron chi connectivity index (χ0n) is 14.1. The molecule has 0 spiro atoms. The van der Waals surface area contributed by atoms with Crippen LogP contribution >= 0.6 is 11.6 Å². The minimum Gasteiger partial charge on any atom is -0.372 e. The number of hydrogen-bond acceptors (Lipinski definition) is 3. The highest BCUT2D eigenvalue weighted by Crippen LogP contribution is 2.34. The summed E-state index contributed by atoms with van der Waals surface area (Å²) >= 11 is 5.79. The van der Waals surface area contributed by atoms with Gasteiger partial charge in [-0.2, -0.15) is 18.3 Å². The number of nitrogens with zero attached hydrogens (tertiary/aromatic N) is 3. The maximum absolute atomic E-state index is 13.7. The second kappa shape index (κ2) is 6.92. The van der Waals surface area contributed by atoms with E-state index in [2.05, 4.69) is 5.10 Å². The molecular weight excluding hydrogens is 371 g/mol. The molecular formula is C17H17ClF3N3O2. The van der Waals surface area contributed by atoms with E-state index in [0.29, 0.717) is 5.02 Å². The fraction of sp³-hybridized carbons (Fsp3) is 0.412. The van der Waals surface area contributed by atoms with Gasteiger partial charge in [0.05, 0.1) is 29.7 Å². The van der Waals surface area contributed by atoms with Crippen molar-refractivity contribution in [2.75, 3.05) is 13.1 Å². The number of alkyl halides is 3. The van der Waals surface area contributed by atoms with Crippen LogP contribution in [0.5, 0.6) is 0 Å². The van der Waals surface area contributed by atoms with Crippen LogP contribution < -0.4 is 0 Å². The van der Waals surface area contributed by atoms with E-state index in [9.17, 15) is 18.0 Å². The summed E-state index contributed by atoms with van der Waals surface area (Å²) in [5.41, 5.74) is -1.41. The second-order valence-electron chi connectivity index (χ2n) is 6.26. The van der Waals surface area contributed by atoms with Crippen molar-refractivity contribution in [1.82, 2.24) is 14.7 Å². The molecule has 140 valence electrons. The zero-order chi connectivity index (χ0) is 19.1. The second-order valence-corrected chi connectivity index (χ2v) is 6.70. The van der Waals surface area contributed by atoms with Gasteiger partial charge in [0.1, 0.15) is 0 Å². The smallest absolute Gasteiger partial charge is 0.372 e. The third-order valence-electron chi connectivity index (χ3n) is 4.05. The molecule has 9 heteroatoms. The van der Waals surface area contributed by atoms with E-state index >= 15 is 0 Å². The third kappa shape index (κ3) is 3.71. The Kier molecular flexibility index (Phi) is 4.98. The number of carbonyl (C=O) groups excluding carboxylic acids is 1. The molecule has 1 aromatic carbocycles. The Labute approximate surface area is 153 Å². The van der Waals surface area contributed by atoms with Gasteiger partial charge in [0.15, 0.2) is 5.69 Å². The first-order chi connectivity index (χ1) is 12.2. The van der Waals surface area contributed by atoms with E-state index in [1.165, 1.54) is 29.2 Å². The number of amides is 1. The quantitative estimate of drug-likeness (QED) is 0.787. The first kappa shape index (κ1) is 18.7. The van der Waals surface area contributed by atoms with Gasteiger partial charge in [-0.25, -0.2) is 4.68 Å². The van der Waals surface area contributed by atoms with E-state index in [0.717, 1.165) is 10.9 Å². The fourth-order valence-electron chi connectivity index (χ4n) is 3.07. The van der Waals surface area contributed by atoms with Crippen LogP contribution in [0.25, 0.3) is 5.69 Å². The molecule has 1 amide bonds. The molecule has 2 heterocycles. The Morgan fingerprint density at radius 1 is 1.19 bits per heavy atom. The number of rotatable bonds is 2. The summed E-state index contributed by atoms with van der Waals surface area (Å²) in [5.74, 6) is -0.709. The number of hydrogen-bond donors (Lipinski definition) is 0.